The Labute approximate surface area is 133 Å². The molecule has 2 aromatic carbocycles. The second-order valence-corrected chi connectivity index (χ2v) is 5.21. The van der Waals surface area contributed by atoms with E-state index in [2.05, 4.69) is 21.2 Å². The van der Waals surface area contributed by atoms with E-state index in [4.69, 9.17) is 4.74 Å². The van der Waals surface area contributed by atoms with Crippen molar-refractivity contribution in [2.24, 2.45) is 0 Å². The number of ether oxygens (including phenoxy) is 1. The van der Waals surface area contributed by atoms with Gasteiger partial charge in [0.1, 0.15) is 12.4 Å². The fourth-order valence-electron chi connectivity index (χ4n) is 1.77. The molecule has 0 radical (unpaired) electrons. The summed E-state index contributed by atoms with van der Waals surface area (Å²) in [5.74, 6) is -0.0438. The number of carbonyl (C=O) groups is 1. The molecule has 0 aliphatic heterocycles. The topological polar surface area (TPSA) is 38.3 Å². The highest BCUT2D eigenvalue weighted by atomic mass is 79.9. The van der Waals surface area contributed by atoms with Crippen LogP contribution in [0.25, 0.3) is 0 Å². The van der Waals surface area contributed by atoms with E-state index in [-0.39, 0.29) is 18.0 Å². The molecule has 0 fully saturated rings. The molecule has 1 N–H and O–H groups in total. The molecule has 0 saturated carbocycles. The number of alkyl halides is 3. The Morgan fingerprint density at radius 3 is 2.55 bits per heavy atom. The first kappa shape index (κ1) is 16.4. The SMILES string of the molecule is O=CNc1ccc(C(F)(F)F)cc1OCc1ccccc1Br. The van der Waals surface area contributed by atoms with Crippen LogP contribution in [0.4, 0.5) is 18.9 Å². The van der Waals surface area contributed by atoms with E-state index in [0.29, 0.717) is 6.41 Å². The van der Waals surface area contributed by atoms with Crippen LogP contribution in [-0.2, 0) is 17.6 Å². The van der Waals surface area contributed by atoms with Gasteiger partial charge in [-0.3, -0.25) is 4.79 Å². The Morgan fingerprint density at radius 1 is 1.18 bits per heavy atom. The summed E-state index contributed by atoms with van der Waals surface area (Å²) >= 11 is 3.33. The maximum Gasteiger partial charge on any atom is 0.416 e. The lowest BCUT2D eigenvalue weighted by Crippen LogP contribution is -2.07. The van der Waals surface area contributed by atoms with Crippen LogP contribution < -0.4 is 10.1 Å². The number of anilines is 1. The summed E-state index contributed by atoms with van der Waals surface area (Å²) in [6.07, 6.45) is -4.10. The maximum absolute atomic E-state index is 12.8. The van der Waals surface area contributed by atoms with E-state index in [1.807, 2.05) is 6.07 Å². The fourth-order valence-corrected chi connectivity index (χ4v) is 2.17. The van der Waals surface area contributed by atoms with Gasteiger partial charge in [0.25, 0.3) is 0 Å². The zero-order valence-corrected chi connectivity index (χ0v) is 12.7. The Morgan fingerprint density at radius 2 is 1.91 bits per heavy atom. The monoisotopic (exact) mass is 373 g/mol. The van der Waals surface area contributed by atoms with Crippen LogP contribution in [0.15, 0.2) is 46.9 Å². The highest BCUT2D eigenvalue weighted by molar-refractivity contribution is 9.10. The van der Waals surface area contributed by atoms with E-state index in [0.717, 1.165) is 28.2 Å². The van der Waals surface area contributed by atoms with Gasteiger partial charge in [0, 0.05) is 10.0 Å². The van der Waals surface area contributed by atoms with Crippen LogP contribution >= 0.6 is 15.9 Å². The second kappa shape index (κ2) is 6.83. The molecule has 2 rings (SSSR count). The Kier molecular flexibility index (Phi) is 5.07. The van der Waals surface area contributed by atoms with Crippen molar-refractivity contribution in [3.05, 3.63) is 58.1 Å². The lowest BCUT2D eigenvalue weighted by atomic mass is 10.1. The molecule has 7 heteroatoms. The summed E-state index contributed by atoms with van der Waals surface area (Å²) in [7, 11) is 0. The molecule has 22 heavy (non-hydrogen) atoms. The first-order valence-electron chi connectivity index (χ1n) is 6.19. The van der Waals surface area contributed by atoms with Crippen molar-refractivity contribution >= 4 is 28.0 Å². The molecule has 0 unspecified atom stereocenters. The van der Waals surface area contributed by atoms with E-state index in [1.54, 1.807) is 18.2 Å². The molecule has 0 aromatic heterocycles. The van der Waals surface area contributed by atoms with Crippen LogP contribution in [-0.4, -0.2) is 6.41 Å². The van der Waals surface area contributed by atoms with Gasteiger partial charge in [0.2, 0.25) is 6.41 Å². The van der Waals surface area contributed by atoms with Crippen LogP contribution in [0.5, 0.6) is 5.75 Å². The summed E-state index contributed by atoms with van der Waals surface area (Å²) in [6, 6.07) is 10.1. The number of rotatable bonds is 5. The average molecular weight is 374 g/mol. The minimum atomic E-state index is -4.48. The summed E-state index contributed by atoms with van der Waals surface area (Å²) in [6.45, 7) is 0.0657. The number of nitrogens with one attached hydrogen (secondary N) is 1. The number of hydrogen-bond donors (Lipinski definition) is 1. The molecule has 0 atom stereocenters. The average Bonchev–Trinajstić information content (AvgIpc) is 2.47. The smallest absolute Gasteiger partial charge is 0.416 e. The molecule has 0 saturated heterocycles. The second-order valence-electron chi connectivity index (χ2n) is 4.35. The lowest BCUT2D eigenvalue weighted by Gasteiger charge is -2.14. The molecule has 3 nitrogen and oxygen atoms in total. The molecule has 2 aromatic rings. The van der Waals surface area contributed by atoms with E-state index in [1.165, 1.54) is 0 Å². The highest BCUT2D eigenvalue weighted by Gasteiger charge is 2.31. The van der Waals surface area contributed by atoms with Crippen molar-refractivity contribution in [3.8, 4) is 5.75 Å². The van der Waals surface area contributed by atoms with Crippen LogP contribution in [0, 0.1) is 0 Å². The first-order valence-corrected chi connectivity index (χ1v) is 6.99. The Bertz CT molecular complexity index is 674. The highest BCUT2D eigenvalue weighted by Crippen LogP contribution is 2.35. The van der Waals surface area contributed by atoms with Crippen molar-refractivity contribution in [3.63, 3.8) is 0 Å². The van der Waals surface area contributed by atoms with Crippen LogP contribution in [0.2, 0.25) is 0 Å². The summed E-state index contributed by atoms with van der Waals surface area (Å²) in [5.41, 5.74) is 0.109. The molecule has 0 aliphatic carbocycles. The quantitative estimate of drug-likeness (QED) is 0.776. The minimum Gasteiger partial charge on any atom is -0.487 e. The molecule has 0 aliphatic rings. The Hall–Kier alpha value is -2.02. The van der Waals surface area contributed by atoms with Crippen molar-refractivity contribution in [2.45, 2.75) is 12.8 Å². The molecule has 0 spiro atoms. The third kappa shape index (κ3) is 4.00. The van der Waals surface area contributed by atoms with Gasteiger partial charge in [-0.05, 0) is 24.3 Å². The third-order valence-electron chi connectivity index (χ3n) is 2.86. The Balaban J connectivity index is 2.27. The zero-order chi connectivity index (χ0) is 16.2. The van der Waals surface area contributed by atoms with E-state index < -0.39 is 11.7 Å². The van der Waals surface area contributed by atoms with Gasteiger partial charge < -0.3 is 10.1 Å². The van der Waals surface area contributed by atoms with E-state index in [9.17, 15) is 18.0 Å². The van der Waals surface area contributed by atoms with Crippen LogP contribution in [0.3, 0.4) is 0 Å². The maximum atomic E-state index is 12.8. The molecule has 116 valence electrons. The lowest BCUT2D eigenvalue weighted by molar-refractivity contribution is -0.137. The number of benzene rings is 2. The largest absolute Gasteiger partial charge is 0.487 e. The standard InChI is InChI=1S/C15H11BrF3NO2/c16-12-4-2-1-3-10(12)8-22-14-7-11(15(17,18)19)5-6-13(14)20-9-21/h1-7,9H,8H2,(H,20,21). The normalized spacial score (nSPS) is 11.1. The summed E-state index contributed by atoms with van der Waals surface area (Å²) < 4.78 is 44.5. The number of amides is 1. The van der Waals surface area contributed by atoms with Gasteiger partial charge in [-0.15, -0.1) is 0 Å². The van der Waals surface area contributed by atoms with Crippen molar-refractivity contribution in [1.82, 2.24) is 0 Å². The van der Waals surface area contributed by atoms with Crippen molar-refractivity contribution < 1.29 is 22.7 Å². The molecular formula is C15H11BrF3NO2. The number of carbonyl (C=O) groups excluding carboxylic acids is 1. The van der Waals surface area contributed by atoms with Gasteiger partial charge >= 0.3 is 6.18 Å². The molecule has 1 amide bonds. The van der Waals surface area contributed by atoms with Gasteiger partial charge in [0.05, 0.1) is 11.3 Å². The molecule has 0 heterocycles. The van der Waals surface area contributed by atoms with Gasteiger partial charge in [-0.25, -0.2) is 0 Å². The van der Waals surface area contributed by atoms with Crippen molar-refractivity contribution in [2.75, 3.05) is 5.32 Å². The minimum absolute atomic E-state index is 0.0438. The molecular weight excluding hydrogens is 363 g/mol. The summed E-state index contributed by atoms with van der Waals surface area (Å²) in [5, 5.41) is 2.32. The predicted octanol–water partition coefficient (Wildman–Crippen LogP) is 4.62. The van der Waals surface area contributed by atoms with Gasteiger partial charge in [-0.2, -0.15) is 13.2 Å². The van der Waals surface area contributed by atoms with E-state index >= 15 is 0 Å². The molecule has 0 bridgehead atoms. The van der Waals surface area contributed by atoms with Crippen molar-refractivity contribution in [1.29, 1.82) is 0 Å². The predicted molar refractivity (Wildman–Crippen MR) is 79.6 cm³/mol. The third-order valence-corrected chi connectivity index (χ3v) is 3.64. The zero-order valence-electron chi connectivity index (χ0n) is 11.2. The fraction of sp³-hybridized carbons (Fsp3) is 0.133. The van der Waals surface area contributed by atoms with Gasteiger partial charge in [-0.1, -0.05) is 34.1 Å². The number of halogens is 4. The first-order chi connectivity index (χ1) is 10.4. The summed E-state index contributed by atoms with van der Waals surface area (Å²) in [4.78, 5) is 10.5. The van der Waals surface area contributed by atoms with Crippen LogP contribution in [0.1, 0.15) is 11.1 Å². The number of hydrogen-bond acceptors (Lipinski definition) is 2. The van der Waals surface area contributed by atoms with Gasteiger partial charge in [0.15, 0.2) is 0 Å².